The minimum absolute atomic E-state index is 0.139. The van der Waals surface area contributed by atoms with Crippen LogP contribution in [0.5, 0.6) is 0 Å². The smallest absolute Gasteiger partial charge is 0.223 e. The molecule has 0 radical (unpaired) electrons. The van der Waals surface area contributed by atoms with Crippen LogP contribution in [0.3, 0.4) is 0 Å². The van der Waals surface area contributed by atoms with Gasteiger partial charge in [0.2, 0.25) is 5.95 Å². The Kier molecular flexibility index (Phi) is 4.47. The maximum Gasteiger partial charge on any atom is 0.223 e. The molecule has 1 aromatic heterocycles. The van der Waals surface area contributed by atoms with Crippen LogP contribution in [-0.4, -0.2) is 22.1 Å². The van der Waals surface area contributed by atoms with Gasteiger partial charge in [0.15, 0.2) is 5.82 Å². The number of nitrogens with zero attached hydrogens (tertiary/aromatic N) is 3. The first kappa shape index (κ1) is 13.2. The molecular weight excluding hydrogens is 228 g/mol. The Morgan fingerprint density at radius 3 is 2.39 bits per heavy atom. The summed E-state index contributed by atoms with van der Waals surface area (Å²) in [7, 11) is 1.65. The van der Waals surface area contributed by atoms with E-state index in [1.54, 1.807) is 7.11 Å². The highest BCUT2D eigenvalue weighted by Crippen LogP contribution is 2.30. The summed E-state index contributed by atoms with van der Waals surface area (Å²) in [6.45, 7) is 1.92. The van der Waals surface area contributed by atoms with Gasteiger partial charge in [-0.2, -0.15) is 9.97 Å². The number of methoxy groups -OCH3 is 1. The van der Waals surface area contributed by atoms with Crippen LogP contribution >= 0.6 is 0 Å². The largest absolute Gasteiger partial charge is 0.374 e. The van der Waals surface area contributed by atoms with Gasteiger partial charge in [0.1, 0.15) is 11.9 Å². The molecule has 0 amide bonds. The lowest BCUT2D eigenvalue weighted by Gasteiger charge is -2.15. The summed E-state index contributed by atoms with van der Waals surface area (Å²) in [5.74, 6) is 2.23. The molecule has 0 aliphatic heterocycles. The van der Waals surface area contributed by atoms with Gasteiger partial charge in [-0.05, 0) is 19.8 Å². The minimum Gasteiger partial charge on any atom is -0.374 e. The number of rotatable bonds is 3. The van der Waals surface area contributed by atoms with E-state index in [1.165, 1.54) is 25.7 Å². The molecule has 0 bridgehead atoms. The zero-order valence-corrected chi connectivity index (χ0v) is 11.2. The molecule has 1 saturated carbocycles. The van der Waals surface area contributed by atoms with Gasteiger partial charge in [0, 0.05) is 13.0 Å². The fraction of sp³-hybridized carbons (Fsp3) is 0.769. The van der Waals surface area contributed by atoms with Crippen LogP contribution in [-0.2, 0) is 4.74 Å². The zero-order valence-electron chi connectivity index (χ0n) is 11.2. The molecule has 1 aliphatic carbocycles. The normalized spacial score (nSPS) is 19.4. The average molecular weight is 250 g/mol. The molecule has 2 rings (SSSR count). The molecule has 1 unspecified atom stereocenters. The number of nitrogen functional groups attached to an aromatic ring is 1. The van der Waals surface area contributed by atoms with Crippen LogP contribution in [0.1, 0.15) is 69.1 Å². The van der Waals surface area contributed by atoms with Gasteiger partial charge in [-0.1, -0.05) is 25.7 Å². The summed E-state index contributed by atoms with van der Waals surface area (Å²) in [5, 5.41) is 0. The van der Waals surface area contributed by atoms with E-state index in [0.717, 1.165) is 18.7 Å². The first-order valence-corrected chi connectivity index (χ1v) is 6.75. The highest BCUT2D eigenvalue weighted by molar-refractivity contribution is 5.18. The summed E-state index contributed by atoms with van der Waals surface area (Å²) in [6, 6.07) is 0. The van der Waals surface area contributed by atoms with E-state index in [9.17, 15) is 0 Å². The lowest BCUT2D eigenvalue weighted by atomic mass is 9.99. The van der Waals surface area contributed by atoms with Crippen LogP contribution in [0.4, 0.5) is 5.95 Å². The first-order chi connectivity index (χ1) is 8.70. The van der Waals surface area contributed by atoms with E-state index >= 15 is 0 Å². The molecule has 1 atom stereocenters. The average Bonchev–Trinajstić information content (AvgIpc) is 2.66. The van der Waals surface area contributed by atoms with Gasteiger partial charge in [-0.3, -0.25) is 0 Å². The van der Waals surface area contributed by atoms with Crippen LogP contribution in [0.15, 0.2) is 0 Å². The lowest BCUT2D eigenvalue weighted by molar-refractivity contribution is 0.111. The van der Waals surface area contributed by atoms with Gasteiger partial charge in [0.05, 0.1) is 0 Å². The Balaban J connectivity index is 2.23. The molecule has 2 N–H and O–H groups in total. The fourth-order valence-electron chi connectivity index (χ4n) is 2.43. The van der Waals surface area contributed by atoms with Crippen molar-refractivity contribution in [1.29, 1.82) is 0 Å². The minimum atomic E-state index is -0.139. The molecule has 0 aromatic carbocycles. The van der Waals surface area contributed by atoms with Crippen molar-refractivity contribution in [2.24, 2.45) is 0 Å². The highest BCUT2D eigenvalue weighted by atomic mass is 16.5. The molecule has 0 spiro atoms. The Labute approximate surface area is 108 Å². The number of hydrogen-bond donors (Lipinski definition) is 1. The maximum atomic E-state index is 5.78. The molecule has 1 fully saturated rings. The number of nitrogens with two attached hydrogens (primary N) is 1. The SMILES string of the molecule is COC(C)c1nc(N)nc(C2CCCCCC2)n1. The summed E-state index contributed by atoms with van der Waals surface area (Å²) in [4.78, 5) is 13.0. The van der Waals surface area contributed by atoms with E-state index < -0.39 is 0 Å². The third kappa shape index (κ3) is 3.16. The van der Waals surface area contributed by atoms with Crippen molar-refractivity contribution in [2.45, 2.75) is 57.5 Å². The zero-order chi connectivity index (χ0) is 13.0. The van der Waals surface area contributed by atoms with Crippen molar-refractivity contribution in [1.82, 2.24) is 15.0 Å². The Bertz CT molecular complexity index is 389. The van der Waals surface area contributed by atoms with Gasteiger partial charge >= 0.3 is 0 Å². The Morgan fingerprint density at radius 2 is 1.78 bits per heavy atom. The monoisotopic (exact) mass is 250 g/mol. The summed E-state index contributed by atoms with van der Waals surface area (Å²) in [6.07, 6.45) is 7.32. The molecule has 5 heteroatoms. The van der Waals surface area contributed by atoms with Gasteiger partial charge in [-0.15, -0.1) is 0 Å². The van der Waals surface area contributed by atoms with Crippen molar-refractivity contribution < 1.29 is 4.74 Å². The van der Waals surface area contributed by atoms with Crippen molar-refractivity contribution in [3.63, 3.8) is 0 Å². The Hall–Kier alpha value is -1.23. The van der Waals surface area contributed by atoms with E-state index in [0.29, 0.717) is 17.7 Å². The lowest BCUT2D eigenvalue weighted by Crippen LogP contribution is -2.13. The predicted molar refractivity (Wildman–Crippen MR) is 70.1 cm³/mol. The molecule has 0 saturated heterocycles. The molecule has 5 nitrogen and oxygen atoms in total. The van der Waals surface area contributed by atoms with E-state index in [1.807, 2.05) is 6.92 Å². The topological polar surface area (TPSA) is 73.9 Å². The third-order valence-corrected chi connectivity index (χ3v) is 3.62. The maximum absolute atomic E-state index is 5.78. The number of hydrogen-bond acceptors (Lipinski definition) is 5. The van der Waals surface area contributed by atoms with E-state index in [-0.39, 0.29) is 6.10 Å². The van der Waals surface area contributed by atoms with Crippen LogP contribution < -0.4 is 5.73 Å². The number of anilines is 1. The second-order valence-electron chi connectivity index (χ2n) is 4.98. The number of aromatic nitrogens is 3. The van der Waals surface area contributed by atoms with Crippen molar-refractivity contribution >= 4 is 5.95 Å². The van der Waals surface area contributed by atoms with Crippen LogP contribution in [0.2, 0.25) is 0 Å². The molecule has 100 valence electrons. The van der Waals surface area contributed by atoms with E-state index in [2.05, 4.69) is 15.0 Å². The third-order valence-electron chi connectivity index (χ3n) is 3.62. The molecule has 1 aromatic rings. The predicted octanol–water partition coefficient (Wildman–Crippen LogP) is 2.60. The van der Waals surface area contributed by atoms with E-state index in [4.69, 9.17) is 10.5 Å². The van der Waals surface area contributed by atoms with Gasteiger partial charge in [0.25, 0.3) is 0 Å². The molecule has 1 heterocycles. The van der Waals surface area contributed by atoms with Crippen molar-refractivity contribution in [3.05, 3.63) is 11.6 Å². The first-order valence-electron chi connectivity index (χ1n) is 6.75. The molecule has 1 aliphatic rings. The standard InChI is InChI=1S/C13H22N4O/c1-9(18-2)11-15-12(17-13(14)16-11)10-7-5-3-4-6-8-10/h9-10H,3-8H2,1-2H3,(H2,14,15,16,17). The van der Waals surface area contributed by atoms with Gasteiger partial charge in [-0.25, -0.2) is 4.98 Å². The second-order valence-corrected chi connectivity index (χ2v) is 4.98. The van der Waals surface area contributed by atoms with Crippen LogP contribution in [0.25, 0.3) is 0 Å². The highest BCUT2D eigenvalue weighted by Gasteiger charge is 2.20. The fourth-order valence-corrected chi connectivity index (χ4v) is 2.43. The van der Waals surface area contributed by atoms with Crippen molar-refractivity contribution in [3.8, 4) is 0 Å². The Morgan fingerprint density at radius 1 is 1.11 bits per heavy atom. The number of ether oxygens (including phenoxy) is 1. The molecule has 18 heavy (non-hydrogen) atoms. The second kappa shape index (κ2) is 6.09. The van der Waals surface area contributed by atoms with Crippen LogP contribution in [0, 0.1) is 0 Å². The summed E-state index contributed by atoms with van der Waals surface area (Å²) >= 11 is 0. The molecular formula is C13H22N4O. The summed E-state index contributed by atoms with van der Waals surface area (Å²) < 4.78 is 5.25. The van der Waals surface area contributed by atoms with Gasteiger partial charge < -0.3 is 10.5 Å². The summed E-state index contributed by atoms with van der Waals surface area (Å²) in [5.41, 5.74) is 5.78. The van der Waals surface area contributed by atoms with Crippen molar-refractivity contribution in [2.75, 3.05) is 12.8 Å². The quantitative estimate of drug-likeness (QED) is 0.835.